The zero-order chi connectivity index (χ0) is 24.2. The van der Waals surface area contributed by atoms with Gasteiger partial charge in [0.25, 0.3) is 0 Å². The van der Waals surface area contributed by atoms with E-state index in [-0.39, 0.29) is 5.91 Å². The van der Waals surface area contributed by atoms with Crippen LogP contribution in [0.4, 0.5) is 5.69 Å². The van der Waals surface area contributed by atoms with Gasteiger partial charge < -0.3 is 19.2 Å². The Hall–Kier alpha value is -3.70. The zero-order valence-corrected chi connectivity index (χ0v) is 20.3. The molecule has 0 unspecified atom stereocenters. The minimum atomic E-state index is -0.270. The number of amides is 1. The molecule has 0 aliphatic rings. The second-order valence-corrected chi connectivity index (χ2v) is 8.27. The first-order chi connectivity index (χ1) is 16.4. The number of fused-ring (bicyclic) bond motifs is 1. The van der Waals surface area contributed by atoms with Gasteiger partial charge in [0.1, 0.15) is 17.1 Å². The van der Waals surface area contributed by atoms with Crippen LogP contribution in [0, 0.1) is 6.92 Å². The van der Waals surface area contributed by atoms with Gasteiger partial charge in [-0.3, -0.25) is 4.79 Å². The number of aryl methyl sites for hydroxylation is 1. The molecule has 0 spiro atoms. The van der Waals surface area contributed by atoms with E-state index in [1.54, 1.807) is 31.6 Å². The first-order valence-corrected chi connectivity index (χ1v) is 11.4. The fraction of sp³-hybridized carbons (Fsp3) is 0.179. The summed E-state index contributed by atoms with van der Waals surface area (Å²) in [7, 11) is 1.64. The molecule has 0 fully saturated rings. The van der Waals surface area contributed by atoms with Crippen molar-refractivity contribution >= 4 is 39.7 Å². The summed E-state index contributed by atoms with van der Waals surface area (Å²) in [5, 5.41) is 4.27. The third kappa shape index (κ3) is 4.66. The fourth-order valence-electron chi connectivity index (χ4n) is 3.94. The Labute approximate surface area is 203 Å². The number of carbonyl (C=O) groups excluding carboxylic acids is 1. The van der Waals surface area contributed by atoms with Gasteiger partial charge in [-0.1, -0.05) is 35.9 Å². The molecule has 6 heteroatoms. The summed E-state index contributed by atoms with van der Waals surface area (Å²) >= 11 is 6.18. The first-order valence-electron chi connectivity index (χ1n) is 11.0. The summed E-state index contributed by atoms with van der Waals surface area (Å²) in [5.74, 6) is 1.22. The van der Waals surface area contributed by atoms with Crippen LogP contribution in [-0.4, -0.2) is 19.6 Å². The predicted molar refractivity (Wildman–Crippen MR) is 138 cm³/mol. The number of hydrogen-bond donors (Lipinski definition) is 1. The van der Waals surface area contributed by atoms with Crippen molar-refractivity contribution in [3.05, 3.63) is 83.1 Å². The van der Waals surface area contributed by atoms with Gasteiger partial charge in [-0.05, 0) is 62.2 Å². The molecule has 5 nitrogen and oxygen atoms in total. The van der Waals surface area contributed by atoms with Crippen LogP contribution < -0.4 is 14.8 Å². The Bertz CT molecular complexity index is 1370. The lowest BCUT2D eigenvalue weighted by atomic mass is 9.96. The van der Waals surface area contributed by atoms with Crippen LogP contribution in [0.25, 0.3) is 27.7 Å². The van der Waals surface area contributed by atoms with E-state index in [1.165, 1.54) is 0 Å². The van der Waals surface area contributed by atoms with Crippen LogP contribution in [-0.2, 0) is 4.79 Å². The molecular formula is C28H26ClNO4. The number of hydrogen-bond acceptors (Lipinski definition) is 4. The van der Waals surface area contributed by atoms with Crippen LogP contribution in [0.15, 0.2) is 71.4 Å². The number of rotatable bonds is 7. The standard InChI is InChI=1S/C28H26ClNO4/c1-5-33-27-18(3)28-22(23(16-34-28)19-10-12-20(32-4)13-11-19)15-21(27)17(2)14-26(31)30-25-9-7-6-8-24(25)29/h6-16H,5H2,1-4H3,(H,30,31)/b17-14+. The minimum Gasteiger partial charge on any atom is -0.497 e. The van der Waals surface area contributed by atoms with Crippen molar-refractivity contribution in [3.63, 3.8) is 0 Å². The largest absolute Gasteiger partial charge is 0.497 e. The molecule has 0 radical (unpaired) electrons. The number of carbonyl (C=O) groups is 1. The molecule has 4 rings (SSSR count). The highest BCUT2D eigenvalue weighted by atomic mass is 35.5. The van der Waals surface area contributed by atoms with Gasteiger partial charge in [0.15, 0.2) is 0 Å². The van der Waals surface area contributed by atoms with Crippen LogP contribution in [0.1, 0.15) is 25.0 Å². The van der Waals surface area contributed by atoms with Crippen LogP contribution in [0.5, 0.6) is 11.5 Å². The monoisotopic (exact) mass is 475 g/mol. The molecule has 1 heterocycles. The van der Waals surface area contributed by atoms with Crippen LogP contribution in [0.2, 0.25) is 5.02 Å². The van der Waals surface area contributed by atoms with E-state index in [2.05, 4.69) is 5.32 Å². The number of halogens is 1. The average Bonchev–Trinajstić information content (AvgIpc) is 3.26. The number of anilines is 1. The maximum absolute atomic E-state index is 12.7. The quantitative estimate of drug-likeness (QED) is 0.281. The Kier molecular flexibility index (Phi) is 6.94. The lowest BCUT2D eigenvalue weighted by Crippen LogP contribution is -2.09. The number of nitrogens with one attached hydrogen (secondary N) is 1. The Morgan fingerprint density at radius 1 is 1.15 bits per heavy atom. The van der Waals surface area contributed by atoms with E-state index in [9.17, 15) is 4.79 Å². The van der Waals surface area contributed by atoms with E-state index >= 15 is 0 Å². The molecule has 0 aliphatic carbocycles. The number of ether oxygens (including phenoxy) is 2. The highest BCUT2D eigenvalue weighted by Gasteiger charge is 2.19. The summed E-state index contributed by atoms with van der Waals surface area (Å²) in [5.41, 5.74) is 5.76. The predicted octanol–water partition coefficient (Wildman–Crippen LogP) is 7.51. The summed E-state index contributed by atoms with van der Waals surface area (Å²) in [6.07, 6.45) is 3.31. The van der Waals surface area contributed by atoms with E-state index in [4.69, 9.17) is 25.5 Å². The third-order valence-corrected chi connectivity index (χ3v) is 5.97. The van der Waals surface area contributed by atoms with Gasteiger partial charge in [-0.15, -0.1) is 0 Å². The Balaban J connectivity index is 1.78. The van der Waals surface area contributed by atoms with E-state index in [0.29, 0.717) is 23.1 Å². The van der Waals surface area contributed by atoms with Crippen LogP contribution >= 0.6 is 11.6 Å². The molecule has 0 saturated heterocycles. The molecule has 174 valence electrons. The molecule has 0 atom stereocenters. The molecule has 1 aromatic heterocycles. The van der Waals surface area contributed by atoms with E-state index < -0.39 is 0 Å². The molecular weight excluding hydrogens is 450 g/mol. The topological polar surface area (TPSA) is 60.7 Å². The molecule has 0 saturated carbocycles. The molecule has 34 heavy (non-hydrogen) atoms. The molecule has 4 aromatic rings. The maximum Gasteiger partial charge on any atom is 0.248 e. The second kappa shape index (κ2) is 10.1. The van der Waals surface area contributed by atoms with Gasteiger partial charge in [-0.25, -0.2) is 0 Å². The SMILES string of the molecule is CCOc1c(/C(C)=C/C(=O)Nc2ccccc2Cl)cc2c(-c3ccc(OC)cc3)coc2c1C. The molecule has 0 aliphatic heterocycles. The number of allylic oxidation sites excluding steroid dienone is 1. The number of benzene rings is 3. The maximum atomic E-state index is 12.7. The number of para-hydroxylation sites is 1. The van der Waals surface area contributed by atoms with Crippen molar-refractivity contribution in [3.8, 4) is 22.6 Å². The molecule has 1 N–H and O–H groups in total. The number of methoxy groups -OCH3 is 1. The highest BCUT2D eigenvalue weighted by Crippen LogP contribution is 2.41. The summed E-state index contributed by atoms with van der Waals surface area (Å²) < 4.78 is 17.2. The zero-order valence-electron chi connectivity index (χ0n) is 19.6. The Morgan fingerprint density at radius 3 is 2.56 bits per heavy atom. The van der Waals surface area contributed by atoms with Gasteiger partial charge in [0.05, 0.1) is 30.7 Å². The summed E-state index contributed by atoms with van der Waals surface area (Å²) in [6, 6.07) is 17.0. The fourth-order valence-corrected chi connectivity index (χ4v) is 4.12. The minimum absolute atomic E-state index is 0.270. The smallest absolute Gasteiger partial charge is 0.248 e. The van der Waals surface area contributed by atoms with Gasteiger partial charge in [0.2, 0.25) is 5.91 Å². The first kappa shape index (κ1) is 23.5. The van der Waals surface area contributed by atoms with Gasteiger partial charge >= 0.3 is 0 Å². The lowest BCUT2D eigenvalue weighted by Gasteiger charge is -2.15. The van der Waals surface area contributed by atoms with Crippen molar-refractivity contribution in [2.45, 2.75) is 20.8 Å². The van der Waals surface area contributed by atoms with Crippen LogP contribution in [0.3, 0.4) is 0 Å². The second-order valence-electron chi connectivity index (χ2n) is 7.86. The van der Waals surface area contributed by atoms with Crippen molar-refractivity contribution < 1.29 is 18.7 Å². The van der Waals surface area contributed by atoms with E-state index in [1.807, 2.05) is 63.2 Å². The average molecular weight is 476 g/mol. The lowest BCUT2D eigenvalue weighted by molar-refractivity contribution is -0.111. The van der Waals surface area contributed by atoms with E-state index in [0.717, 1.165) is 44.5 Å². The number of furan rings is 1. The summed E-state index contributed by atoms with van der Waals surface area (Å²) in [6.45, 7) is 6.28. The van der Waals surface area contributed by atoms with Crippen molar-refractivity contribution in [2.24, 2.45) is 0 Å². The summed E-state index contributed by atoms with van der Waals surface area (Å²) in [4.78, 5) is 12.7. The van der Waals surface area contributed by atoms with Gasteiger partial charge in [-0.2, -0.15) is 0 Å². The van der Waals surface area contributed by atoms with Gasteiger partial charge in [0, 0.05) is 28.2 Å². The molecule has 3 aromatic carbocycles. The van der Waals surface area contributed by atoms with Crippen molar-refractivity contribution in [1.29, 1.82) is 0 Å². The normalized spacial score (nSPS) is 11.5. The van der Waals surface area contributed by atoms with Crippen molar-refractivity contribution in [1.82, 2.24) is 0 Å². The molecule has 1 amide bonds. The Morgan fingerprint density at radius 2 is 1.88 bits per heavy atom. The molecule has 0 bridgehead atoms. The van der Waals surface area contributed by atoms with Crippen molar-refractivity contribution in [2.75, 3.05) is 19.0 Å². The third-order valence-electron chi connectivity index (χ3n) is 5.64. The highest BCUT2D eigenvalue weighted by molar-refractivity contribution is 6.33.